The average molecular weight is 348 g/mol. The van der Waals surface area contributed by atoms with Crippen molar-refractivity contribution in [1.29, 1.82) is 5.26 Å². The molecule has 0 aliphatic carbocycles. The van der Waals surface area contributed by atoms with Crippen molar-refractivity contribution < 1.29 is 22.7 Å². The quantitative estimate of drug-likeness (QED) is 0.803. The van der Waals surface area contributed by atoms with E-state index in [2.05, 4.69) is 5.32 Å². The number of nitrogens with one attached hydrogen (secondary N) is 1. The lowest BCUT2D eigenvalue weighted by molar-refractivity contribution is -0.113. The summed E-state index contributed by atoms with van der Waals surface area (Å²) in [7, 11) is -3.80. The third-order valence-electron chi connectivity index (χ3n) is 3.08. The summed E-state index contributed by atoms with van der Waals surface area (Å²) in [4.78, 5) is 11.8. The van der Waals surface area contributed by atoms with Crippen molar-refractivity contribution in [2.45, 2.75) is 5.75 Å². The zero-order valence-electron chi connectivity index (χ0n) is 12.4. The van der Waals surface area contributed by atoms with Crippen LogP contribution in [0, 0.1) is 17.1 Å². The number of hydrogen-bond donors (Lipinski definition) is 2. The summed E-state index contributed by atoms with van der Waals surface area (Å²) in [6, 6.07) is 11.3. The highest BCUT2D eigenvalue weighted by molar-refractivity contribution is 7.91. The van der Waals surface area contributed by atoms with E-state index in [0.717, 1.165) is 6.07 Å². The second-order valence-electron chi connectivity index (χ2n) is 5.02. The van der Waals surface area contributed by atoms with Gasteiger partial charge in [-0.1, -0.05) is 18.2 Å². The molecule has 0 radical (unpaired) electrons. The van der Waals surface area contributed by atoms with Crippen molar-refractivity contribution in [2.75, 3.05) is 11.1 Å². The fourth-order valence-corrected chi connectivity index (χ4v) is 3.27. The van der Waals surface area contributed by atoms with Gasteiger partial charge in [-0.3, -0.25) is 4.79 Å². The van der Waals surface area contributed by atoms with Gasteiger partial charge in [0, 0.05) is 0 Å². The topological polar surface area (TPSA) is 107 Å². The molecule has 0 spiro atoms. The van der Waals surface area contributed by atoms with Gasteiger partial charge in [0.15, 0.2) is 15.7 Å². The number of carbonyl (C=O) groups excluding carboxylic acids is 1. The molecule has 0 saturated carbocycles. The van der Waals surface area contributed by atoms with Gasteiger partial charge in [-0.2, -0.15) is 5.26 Å². The predicted octanol–water partition coefficient (Wildman–Crippen LogP) is 1.96. The van der Waals surface area contributed by atoms with Gasteiger partial charge in [0.05, 0.1) is 17.4 Å². The van der Waals surface area contributed by atoms with Gasteiger partial charge < -0.3 is 10.4 Å². The highest BCUT2D eigenvalue weighted by atomic mass is 32.2. The van der Waals surface area contributed by atoms with Crippen LogP contribution in [0.5, 0.6) is 5.75 Å². The summed E-state index contributed by atoms with van der Waals surface area (Å²) in [5.74, 6) is -3.57. The molecule has 0 aliphatic heterocycles. The number of anilines is 1. The van der Waals surface area contributed by atoms with E-state index in [-0.39, 0.29) is 0 Å². The van der Waals surface area contributed by atoms with E-state index in [9.17, 15) is 22.7 Å². The molecule has 0 aromatic heterocycles. The number of benzene rings is 2. The maximum atomic E-state index is 13.5. The van der Waals surface area contributed by atoms with Crippen molar-refractivity contribution in [2.24, 2.45) is 0 Å². The molecule has 0 aliphatic rings. The second kappa shape index (κ2) is 7.10. The highest BCUT2D eigenvalue weighted by Gasteiger charge is 2.19. The number of para-hydroxylation sites is 1. The molecule has 0 fully saturated rings. The SMILES string of the molecule is N#Cc1ccc(CS(=O)(=O)CC(=O)Nc2c(O)cccc2F)cc1. The fraction of sp³-hybridized carbons (Fsp3) is 0.125. The first-order chi connectivity index (χ1) is 11.3. The third kappa shape index (κ3) is 4.54. The van der Waals surface area contributed by atoms with Gasteiger partial charge in [0.1, 0.15) is 17.2 Å². The average Bonchev–Trinajstić information content (AvgIpc) is 2.51. The van der Waals surface area contributed by atoms with Crippen molar-refractivity contribution in [1.82, 2.24) is 0 Å². The van der Waals surface area contributed by atoms with Crippen LogP contribution in [0.2, 0.25) is 0 Å². The number of halogens is 1. The first-order valence-corrected chi connectivity index (χ1v) is 8.59. The van der Waals surface area contributed by atoms with Crippen molar-refractivity contribution >= 4 is 21.4 Å². The molecule has 2 N–H and O–H groups in total. The Morgan fingerprint density at radius 2 is 1.88 bits per heavy atom. The second-order valence-corrected chi connectivity index (χ2v) is 7.09. The minimum Gasteiger partial charge on any atom is -0.506 e. The van der Waals surface area contributed by atoms with E-state index in [1.807, 2.05) is 6.07 Å². The Morgan fingerprint density at radius 1 is 1.21 bits per heavy atom. The Labute approximate surface area is 138 Å². The van der Waals surface area contributed by atoms with Gasteiger partial charge in [-0.05, 0) is 29.8 Å². The van der Waals surface area contributed by atoms with Crippen LogP contribution in [-0.4, -0.2) is 25.2 Å². The van der Waals surface area contributed by atoms with Gasteiger partial charge in [0.2, 0.25) is 5.91 Å². The van der Waals surface area contributed by atoms with Gasteiger partial charge in [0.25, 0.3) is 0 Å². The number of rotatable bonds is 5. The molecule has 0 bridgehead atoms. The number of sulfone groups is 1. The number of nitriles is 1. The Kier molecular flexibility index (Phi) is 5.16. The van der Waals surface area contributed by atoms with Crippen LogP contribution in [0.4, 0.5) is 10.1 Å². The van der Waals surface area contributed by atoms with Crippen LogP contribution in [-0.2, 0) is 20.4 Å². The molecule has 2 rings (SSSR count). The van der Waals surface area contributed by atoms with Crippen LogP contribution in [0.1, 0.15) is 11.1 Å². The number of phenolic OH excluding ortho intramolecular Hbond substituents is 1. The molecule has 2 aromatic carbocycles. The zero-order chi connectivity index (χ0) is 17.7. The van der Waals surface area contributed by atoms with E-state index in [1.54, 1.807) is 0 Å². The molecule has 0 heterocycles. The number of aromatic hydroxyl groups is 1. The lowest BCUT2D eigenvalue weighted by atomic mass is 10.2. The van der Waals surface area contributed by atoms with Crippen LogP contribution in [0.3, 0.4) is 0 Å². The molecule has 124 valence electrons. The minimum atomic E-state index is -3.80. The molecule has 8 heteroatoms. The lowest BCUT2D eigenvalue weighted by Gasteiger charge is -2.09. The summed E-state index contributed by atoms with van der Waals surface area (Å²) in [6.07, 6.45) is 0. The maximum absolute atomic E-state index is 13.5. The van der Waals surface area contributed by atoms with Crippen molar-refractivity contribution in [3.63, 3.8) is 0 Å². The normalized spacial score (nSPS) is 10.8. The standard InChI is InChI=1S/C16H13FN2O4S/c17-13-2-1-3-14(20)16(13)19-15(21)10-24(22,23)9-12-6-4-11(8-18)5-7-12/h1-7,20H,9-10H2,(H,19,21). The Morgan fingerprint density at radius 3 is 2.46 bits per heavy atom. The van der Waals surface area contributed by atoms with Crippen LogP contribution < -0.4 is 5.32 Å². The molecule has 1 amide bonds. The third-order valence-corrected chi connectivity index (χ3v) is 4.55. The number of nitrogens with zero attached hydrogens (tertiary/aromatic N) is 1. The summed E-state index contributed by atoms with van der Waals surface area (Å²) in [6.45, 7) is 0. The molecule has 2 aromatic rings. The zero-order valence-corrected chi connectivity index (χ0v) is 13.2. The Balaban J connectivity index is 2.05. The van der Waals surface area contributed by atoms with E-state index in [1.165, 1.54) is 36.4 Å². The monoisotopic (exact) mass is 348 g/mol. The number of carbonyl (C=O) groups is 1. The summed E-state index contributed by atoms with van der Waals surface area (Å²) in [5.41, 5.74) is 0.357. The van der Waals surface area contributed by atoms with Crippen molar-refractivity contribution in [3.8, 4) is 11.8 Å². The Bertz CT molecular complexity index is 882. The first-order valence-electron chi connectivity index (χ1n) is 6.77. The van der Waals surface area contributed by atoms with Gasteiger partial charge in [-0.15, -0.1) is 0 Å². The smallest absolute Gasteiger partial charge is 0.239 e. The predicted molar refractivity (Wildman–Crippen MR) is 85.3 cm³/mol. The van der Waals surface area contributed by atoms with E-state index < -0.39 is 44.5 Å². The number of hydrogen-bond acceptors (Lipinski definition) is 5. The summed E-state index contributed by atoms with van der Waals surface area (Å²) < 4.78 is 37.6. The summed E-state index contributed by atoms with van der Waals surface area (Å²) in [5, 5.41) is 20.2. The highest BCUT2D eigenvalue weighted by Crippen LogP contribution is 2.25. The molecule has 0 saturated heterocycles. The molecule has 6 nitrogen and oxygen atoms in total. The number of amides is 1. The maximum Gasteiger partial charge on any atom is 0.239 e. The molecule has 24 heavy (non-hydrogen) atoms. The Hall–Kier alpha value is -2.92. The van der Waals surface area contributed by atoms with Crippen LogP contribution in [0.25, 0.3) is 0 Å². The van der Waals surface area contributed by atoms with E-state index in [4.69, 9.17) is 5.26 Å². The minimum absolute atomic E-state index is 0.393. The lowest BCUT2D eigenvalue weighted by Crippen LogP contribution is -2.24. The first kappa shape index (κ1) is 17.4. The van der Waals surface area contributed by atoms with Crippen molar-refractivity contribution in [3.05, 3.63) is 59.4 Å². The van der Waals surface area contributed by atoms with Crippen LogP contribution >= 0.6 is 0 Å². The molecule has 0 unspecified atom stereocenters. The molecule has 0 atom stereocenters. The van der Waals surface area contributed by atoms with E-state index >= 15 is 0 Å². The van der Waals surface area contributed by atoms with Gasteiger partial charge >= 0.3 is 0 Å². The van der Waals surface area contributed by atoms with E-state index in [0.29, 0.717) is 11.1 Å². The van der Waals surface area contributed by atoms with Gasteiger partial charge in [-0.25, -0.2) is 12.8 Å². The summed E-state index contributed by atoms with van der Waals surface area (Å²) >= 11 is 0. The van der Waals surface area contributed by atoms with Crippen LogP contribution in [0.15, 0.2) is 42.5 Å². The number of phenols is 1. The molecular weight excluding hydrogens is 335 g/mol. The largest absolute Gasteiger partial charge is 0.506 e. The molecular formula is C16H13FN2O4S. The fourth-order valence-electron chi connectivity index (χ4n) is 1.99.